The van der Waals surface area contributed by atoms with E-state index in [1.54, 1.807) is 0 Å². The Labute approximate surface area is 176 Å². The van der Waals surface area contributed by atoms with Crippen molar-refractivity contribution in [3.63, 3.8) is 0 Å². The number of aliphatic imine (C=N–C) groups is 1. The van der Waals surface area contributed by atoms with Crippen LogP contribution in [0.2, 0.25) is 5.02 Å². The van der Waals surface area contributed by atoms with E-state index in [0.29, 0.717) is 29.1 Å². The number of halogens is 5. The molecule has 144 valence electrons. The number of aromatic nitrogens is 1. The molecule has 10 heteroatoms. The van der Waals surface area contributed by atoms with Gasteiger partial charge in [-0.05, 0) is 31.0 Å². The summed E-state index contributed by atoms with van der Waals surface area (Å²) >= 11 is 6.80. The van der Waals surface area contributed by atoms with Gasteiger partial charge in [-0.3, -0.25) is 0 Å². The second-order valence-electron chi connectivity index (χ2n) is 5.12. The van der Waals surface area contributed by atoms with Crippen molar-refractivity contribution >= 4 is 52.9 Å². The van der Waals surface area contributed by atoms with Gasteiger partial charge in [-0.15, -0.1) is 35.3 Å². The third kappa shape index (κ3) is 7.67. The topological polar surface area (TPSA) is 49.3 Å². The zero-order valence-corrected chi connectivity index (χ0v) is 17.8. The first kappa shape index (κ1) is 23.0. The number of benzene rings is 1. The summed E-state index contributed by atoms with van der Waals surface area (Å²) < 4.78 is 37.6. The van der Waals surface area contributed by atoms with Crippen LogP contribution in [0.15, 0.2) is 34.6 Å². The molecule has 1 aromatic heterocycles. The highest BCUT2D eigenvalue weighted by atomic mass is 127. The lowest BCUT2D eigenvalue weighted by Crippen LogP contribution is -2.38. The van der Waals surface area contributed by atoms with E-state index in [2.05, 4.69) is 20.6 Å². The Morgan fingerprint density at radius 1 is 1.23 bits per heavy atom. The number of rotatable bonds is 6. The molecular formula is C16H19ClF3IN4S. The molecule has 0 aliphatic carbocycles. The van der Waals surface area contributed by atoms with Gasteiger partial charge in [0.1, 0.15) is 5.01 Å². The van der Waals surface area contributed by atoms with Crippen LogP contribution in [-0.4, -0.2) is 24.0 Å². The van der Waals surface area contributed by atoms with E-state index < -0.39 is 11.9 Å². The van der Waals surface area contributed by atoms with Crippen LogP contribution in [0.4, 0.5) is 13.2 Å². The normalized spacial score (nSPS) is 11.8. The molecule has 0 aliphatic heterocycles. The van der Waals surface area contributed by atoms with Gasteiger partial charge in [0.15, 0.2) is 11.7 Å². The smallest absolute Gasteiger partial charge is 0.357 e. The van der Waals surface area contributed by atoms with E-state index in [1.165, 1.54) is 0 Å². The van der Waals surface area contributed by atoms with Gasteiger partial charge in [-0.2, -0.15) is 13.2 Å². The fourth-order valence-corrected chi connectivity index (χ4v) is 2.83. The summed E-state index contributed by atoms with van der Waals surface area (Å²) in [4.78, 5) is 7.85. The second kappa shape index (κ2) is 10.9. The molecule has 26 heavy (non-hydrogen) atoms. The molecule has 0 saturated carbocycles. The standard InChI is InChI=1S/C16H18ClF3N4S.HI/c1-2-21-15(22-8-7-11-3-5-12(17)6-4-11)23-9-14-24-13(10-25-14)16(18,19)20;/h3-6,10H,2,7-9H2,1H3,(H2,21,22,23);1H. The largest absolute Gasteiger partial charge is 0.434 e. The molecule has 2 aromatic rings. The number of alkyl halides is 3. The molecular weight excluding hydrogens is 500 g/mol. The van der Waals surface area contributed by atoms with E-state index in [0.717, 1.165) is 28.7 Å². The first-order valence-corrected chi connectivity index (χ1v) is 8.92. The average molecular weight is 519 g/mol. The van der Waals surface area contributed by atoms with Gasteiger partial charge in [-0.1, -0.05) is 23.7 Å². The van der Waals surface area contributed by atoms with Gasteiger partial charge in [-0.25, -0.2) is 9.98 Å². The summed E-state index contributed by atoms with van der Waals surface area (Å²) in [5.74, 6) is 0.542. The van der Waals surface area contributed by atoms with E-state index in [-0.39, 0.29) is 30.5 Å². The SMILES string of the molecule is CCNC(=NCc1nc(C(F)(F)F)cs1)NCCc1ccc(Cl)cc1.I. The number of thiazole rings is 1. The van der Waals surface area contributed by atoms with Gasteiger partial charge in [0.05, 0.1) is 6.54 Å². The Morgan fingerprint density at radius 3 is 2.50 bits per heavy atom. The molecule has 2 N–H and O–H groups in total. The lowest BCUT2D eigenvalue weighted by atomic mass is 10.1. The zero-order chi connectivity index (χ0) is 18.3. The highest BCUT2D eigenvalue weighted by Crippen LogP contribution is 2.30. The van der Waals surface area contributed by atoms with Gasteiger partial charge in [0.25, 0.3) is 0 Å². The lowest BCUT2D eigenvalue weighted by Gasteiger charge is -2.11. The summed E-state index contributed by atoms with van der Waals surface area (Å²) in [6.07, 6.45) is -3.64. The zero-order valence-electron chi connectivity index (χ0n) is 13.9. The highest BCUT2D eigenvalue weighted by molar-refractivity contribution is 14.0. The summed E-state index contributed by atoms with van der Waals surface area (Å²) in [7, 11) is 0. The minimum atomic E-state index is -4.42. The Balaban J connectivity index is 0.00000338. The van der Waals surface area contributed by atoms with Crippen molar-refractivity contribution in [1.29, 1.82) is 0 Å². The predicted molar refractivity (Wildman–Crippen MR) is 111 cm³/mol. The molecule has 1 aromatic carbocycles. The molecule has 0 saturated heterocycles. The fourth-order valence-electron chi connectivity index (χ4n) is 1.98. The van der Waals surface area contributed by atoms with Crippen LogP contribution in [-0.2, 0) is 19.1 Å². The molecule has 0 unspecified atom stereocenters. The van der Waals surface area contributed by atoms with E-state index in [4.69, 9.17) is 11.6 Å². The van der Waals surface area contributed by atoms with E-state index in [9.17, 15) is 13.2 Å². The van der Waals surface area contributed by atoms with Crippen LogP contribution in [0.1, 0.15) is 23.2 Å². The average Bonchev–Trinajstić information content (AvgIpc) is 3.04. The summed E-state index contributed by atoms with van der Waals surface area (Å²) in [5.41, 5.74) is 0.255. The van der Waals surface area contributed by atoms with Crippen LogP contribution in [0.25, 0.3) is 0 Å². The minimum Gasteiger partial charge on any atom is -0.357 e. The van der Waals surface area contributed by atoms with Crippen LogP contribution in [0.3, 0.4) is 0 Å². The first-order chi connectivity index (χ1) is 11.9. The van der Waals surface area contributed by atoms with Crippen molar-refractivity contribution in [3.8, 4) is 0 Å². The highest BCUT2D eigenvalue weighted by Gasteiger charge is 2.33. The molecule has 1 heterocycles. The summed E-state index contributed by atoms with van der Waals surface area (Å²) in [6, 6.07) is 7.55. The number of hydrogen-bond acceptors (Lipinski definition) is 3. The minimum absolute atomic E-state index is 0. The molecule has 0 aliphatic rings. The van der Waals surface area contributed by atoms with Crippen LogP contribution in [0, 0.1) is 0 Å². The Morgan fingerprint density at radius 2 is 1.92 bits per heavy atom. The maximum absolute atomic E-state index is 12.5. The van der Waals surface area contributed by atoms with Crippen molar-refractivity contribution in [2.45, 2.75) is 26.1 Å². The fraction of sp³-hybridized carbons (Fsp3) is 0.375. The number of nitrogens with one attached hydrogen (secondary N) is 2. The lowest BCUT2D eigenvalue weighted by molar-refractivity contribution is -0.140. The van der Waals surface area contributed by atoms with E-state index >= 15 is 0 Å². The van der Waals surface area contributed by atoms with Crippen LogP contribution in [0.5, 0.6) is 0 Å². The molecule has 0 fully saturated rings. The van der Waals surface area contributed by atoms with Gasteiger partial charge in [0.2, 0.25) is 0 Å². The summed E-state index contributed by atoms with van der Waals surface area (Å²) in [5, 5.41) is 8.22. The number of guanidine groups is 1. The van der Waals surface area contributed by atoms with Crippen molar-refractivity contribution < 1.29 is 13.2 Å². The van der Waals surface area contributed by atoms with Crippen LogP contribution >= 0.6 is 46.9 Å². The monoisotopic (exact) mass is 518 g/mol. The molecule has 0 amide bonds. The maximum Gasteiger partial charge on any atom is 0.434 e. The molecule has 0 bridgehead atoms. The first-order valence-electron chi connectivity index (χ1n) is 7.66. The van der Waals surface area contributed by atoms with Gasteiger partial charge >= 0.3 is 6.18 Å². The molecule has 4 nitrogen and oxygen atoms in total. The van der Waals surface area contributed by atoms with Gasteiger partial charge < -0.3 is 10.6 Å². The third-order valence-corrected chi connectivity index (χ3v) is 4.26. The van der Waals surface area contributed by atoms with Crippen LogP contribution < -0.4 is 10.6 Å². The maximum atomic E-state index is 12.5. The van der Waals surface area contributed by atoms with Crippen molar-refractivity contribution in [2.24, 2.45) is 4.99 Å². The van der Waals surface area contributed by atoms with Crippen molar-refractivity contribution in [1.82, 2.24) is 15.6 Å². The summed E-state index contributed by atoms with van der Waals surface area (Å²) in [6.45, 7) is 3.30. The Hall–Kier alpha value is -1.07. The molecule has 0 radical (unpaired) electrons. The Bertz CT molecular complexity index is 704. The Kier molecular flexibility index (Phi) is 9.66. The predicted octanol–water partition coefficient (Wildman–Crippen LogP) is 4.73. The van der Waals surface area contributed by atoms with Crippen molar-refractivity contribution in [3.05, 3.63) is 50.9 Å². The number of hydrogen-bond donors (Lipinski definition) is 2. The quantitative estimate of drug-likeness (QED) is 0.330. The third-order valence-electron chi connectivity index (χ3n) is 3.18. The number of nitrogens with zero attached hydrogens (tertiary/aromatic N) is 2. The molecule has 0 atom stereocenters. The molecule has 2 rings (SSSR count). The van der Waals surface area contributed by atoms with E-state index in [1.807, 2.05) is 31.2 Å². The van der Waals surface area contributed by atoms with Crippen molar-refractivity contribution in [2.75, 3.05) is 13.1 Å². The molecule has 0 spiro atoms. The second-order valence-corrected chi connectivity index (χ2v) is 6.50. The van der Waals surface area contributed by atoms with Gasteiger partial charge in [0, 0.05) is 23.5 Å².